The molecule has 0 radical (unpaired) electrons. The average Bonchev–Trinajstić information content (AvgIpc) is 2.46. The largest absolute Gasteiger partial charge is 0.468 e. The van der Waals surface area contributed by atoms with Gasteiger partial charge in [-0.3, -0.25) is 14.4 Å². The maximum atomic E-state index is 11.3. The minimum atomic E-state index is -0.725. The smallest absolute Gasteiger partial charge is 0.325 e. The van der Waals surface area contributed by atoms with E-state index in [0.29, 0.717) is 0 Å². The Labute approximate surface area is 114 Å². The monoisotopic (exact) mass is 282 g/mol. The first-order valence-corrected chi connectivity index (χ1v) is 5.50. The first kappa shape index (κ1) is 15.3. The molecular weight excluding hydrogens is 268 g/mol. The number of esters is 2. The number of hydrogen-bond acceptors (Lipinski definition) is 8. The fourth-order valence-electron chi connectivity index (χ4n) is 1.28. The summed E-state index contributed by atoms with van der Waals surface area (Å²) in [6.07, 6.45) is 0. The highest BCUT2D eigenvalue weighted by atomic mass is 16.5. The van der Waals surface area contributed by atoms with Crippen molar-refractivity contribution in [2.45, 2.75) is 0 Å². The molecule has 0 aliphatic rings. The quantitative estimate of drug-likeness (QED) is 0.640. The van der Waals surface area contributed by atoms with Crippen LogP contribution in [0.5, 0.6) is 0 Å². The second kappa shape index (κ2) is 7.02. The van der Waals surface area contributed by atoms with Gasteiger partial charge in [0.1, 0.15) is 13.1 Å². The van der Waals surface area contributed by atoms with E-state index in [0.717, 1.165) is 0 Å². The van der Waals surface area contributed by atoms with Gasteiger partial charge in [0.25, 0.3) is 5.91 Å². The number of methoxy groups -OCH3 is 2. The van der Waals surface area contributed by atoms with Gasteiger partial charge in [-0.15, -0.1) is 10.2 Å². The molecule has 108 valence electrons. The zero-order valence-corrected chi connectivity index (χ0v) is 11.0. The molecule has 1 aromatic heterocycles. The van der Waals surface area contributed by atoms with E-state index in [1.807, 2.05) is 0 Å². The molecule has 0 aliphatic carbocycles. The molecule has 0 bridgehead atoms. The summed E-state index contributed by atoms with van der Waals surface area (Å²) >= 11 is 0. The van der Waals surface area contributed by atoms with Gasteiger partial charge in [-0.1, -0.05) is 0 Å². The highest BCUT2D eigenvalue weighted by molar-refractivity contribution is 5.90. The van der Waals surface area contributed by atoms with Crippen molar-refractivity contribution in [3.8, 4) is 0 Å². The second-order valence-electron chi connectivity index (χ2n) is 3.65. The SMILES string of the molecule is COC(=O)CN(CC(=O)OC)c1ccc(C(N)=O)nn1. The third kappa shape index (κ3) is 4.19. The molecule has 9 heteroatoms. The van der Waals surface area contributed by atoms with Crippen LogP contribution < -0.4 is 10.6 Å². The molecule has 0 aromatic carbocycles. The molecular formula is C11H14N4O5. The van der Waals surface area contributed by atoms with Crippen molar-refractivity contribution < 1.29 is 23.9 Å². The number of hydrogen-bond donors (Lipinski definition) is 1. The summed E-state index contributed by atoms with van der Waals surface area (Å²) in [5, 5.41) is 7.33. The molecule has 0 aliphatic heterocycles. The number of carbonyl (C=O) groups excluding carboxylic acids is 3. The van der Waals surface area contributed by atoms with E-state index >= 15 is 0 Å². The molecule has 1 heterocycles. The van der Waals surface area contributed by atoms with Crippen LogP contribution in [0.3, 0.4) is 0 Å². The van der Waals surface area contributed by atoms with Gasteiger partial charge >= 0.3 is 11.9 Å². The van der Waals surface area contributed by atoms with Crippen molar-refractivity contribution in [1.82, 2.24) is 10.2 Å². The van der Waals surface area contributed by atoms with E-state index in [9.17, 15) is 14.4 Å². The van der Waals surface area contributed by atoms with Gasteiger partial charge < -0.3 is 20.1 Å². The summed E-state index contributed by atoms with van der Waals surface area (Å²) in [6.45, 7) is -0.424. The van der Waals surface area contributed by atoms with Gasteiger partial charge in [-0.2, -0.15) is 0 Å². The normalized spacial score (nSPS) is 9.70. The molecule has 0 atom stereocenters. The number of aromatic nitrogens is 2. The molecule has 0 unspecified atom stereocenters. The van der Waals surface area contributed by atoms with Gasteiger partial charge in [0.2, 0.25) is 0 Å². The van der Waals surface area contributed by atoms with Gasteiger partial charge in [0.05, 0.1) is 14.2 Å². The first-order valence-electron chi connectivity index (χ1n) is 5.50. The van der Waals surface area contributed by atoms with Gasteiger partial charge in [0, 0.05) is 0 Å². The van der Waals surface area contributed by atoms with Gasteiger partial charge in [-0.25, -0.2) is 0 Å². The van der Waals surface area contributed by atoms with Crippen molar-refractivity contribution >= 4 is 23.7 Å². The standard InChI is InChI=1S/C11H14N4O5/c1-19-9(16)5-15(6-10(17)20-2)8-4-3-7(11(12)18)13-14-8/h3-4H,5-6H2,1-2H3,(H2,12,18). The van der Waals surface area contributed by atoms with Crippen LogP contribution in [0.25, 0.3) is 0 Å². The Kier molecular flexibility index (Phi) is 5.39. The molecule has 2 N–H and O–H groups in total. The molecule has 0 fully saturated rings. The van der Waals surface area contributed by atoms with Crippen molar-refractivity contribution in [1.29, 1.82) is 0 Å². The number of primary amides is 1. The van der Waals surface area contributed by atoms with Crippen LogP contribution in [-0.4, -0.2) is 55.4 Å². The number of rotatable bonds is 6. The maximum absolute atomic E-state index is 11.3. The van der Waals surface area contributed by atoms with E-state index in [1.54, 1.807) is 0 Å². The van der Waals surface area contributed by atoms with Crippen molar-refractivity contribution in [2.24, 2.45) is 5.73 Å². The Morgan fingerprint density at radius 3 is 2.00 bits per heavy atom. The Hall–Kier alpha value is -2.71. The molecule has 1 amide bonds. The Balaban J connectivity index is 2.93. The summed E-state index contributed by atoms with van der Waals surface area (Å²) in [5.74, 6) is -1.63. The van der Waals surface area contributed by atoms with Gasteiger partial charge in [-0.05, 0) is 12.1 Å². The molecule has 0 saturated heterocycles. The van der Waals surface area contributed by atoms with Crippen LogP contribution >= 0.6 is 0 Å². The molecule has 1 aromatic rings. The van der Waals surface area contributed by atoms with Gasteiger partial charge in [0.15, 0.2) is 11.5 Å². The second-order valence-corrected chi connectivity index (χ2v) is 3.65. The number of anilines is 1. The average molecular weight is 282 g/mol. The Morgan fingerprint density at radius 1 is 1.10 bits per heavy atom. The van der Waals surface area contributed by atoms with Crippen LogP contribution in [0, 0.1) is 0 Å². The van der Waals surface area contributed by atoms with Crippen molar-refractivity contribution in [2.75, 3.05) is 32.2 Å². The molecule has 0 spiro atoms. The Bertz CT molecular complexity index is 484. The summed E-state index contributed by atoms with van der Waals surface area (Å²) < 4.78 is 9.05. The molecule has 9 nitrogen and oxygen atoms in total. The molecule has 1 rings (SSSR count). The summed E-state index contributed by atoms with van der Waals surface area (Å²) in [4.78, 5) is 34.8. The van der Waals surface area contributed by atoms with E-state index in [2.05, 4.69) is 19.7 Å². The third-order valence-electron chi connectivity index (χ3n) is 2.32. The fourth-order valence-corrected chi connectivity index (χ4v) is 1.28. The van der Waals surface area contributed by atoms with E-state index in [4.69, 9.17) is 5.73 Å². The minimum Gasteiger partial charge on any atom is -0.468 e. The predicted molar refractivity (Wildman–Crippen MR) is 66.8 cm³/mol. The minimum absolute atomic E-state index is 0.0233. The predicted octanol–water partition coefficient (Wildman–Crippen LogP) is -1.27. The van der Waals surface area contributed by atoms with E-state index < -0.39 is 17.8 Å². The number of carbonyl (C=O) groups is 3. The lowest BCUT2D eigenvalue weighted by Crippen LogP contribution is -2.36. The van der Waals surface area contributed by atoms with Crippen LogP contribution in [0.1, 0.15) is 10.5 Å². The lowest BCUT2D eigenvalue weighted by molar-refractivity contribution is -0.140. The zero-order chi connectivity index (χ0) is 15.1. The lowest BCUT2D eigenvalue weighted by Gasteiger charge is -2.20. The number of nitrogens with two attached hydrogens (primary N) is 1. The summed E-state index contributed by atoms with van der Waals surface area (Å²) in [7, 11) is 2.45. The third-order valence-corrected chi connectivity index (χ3v) is 2.32. The molecule has 0 saturated carbocycles. The number of ether oxygens (including phenoxy) is 2. The van der Waals surface area contributed by atoms with Crippen LogP contribution in [-0.2, 0) is 19.1 Å². The van der Waals surface area contributed by atoms with E-state index in [-0.39, 0.29) is 24.6 Å². The number of amides is 1. The lowest BCUT2D eigenvalue weighted by atomic mass is 10.3. The number of nitrogens with zero attached hydrogens (tertiary/aromatic N) is 3. The first-order chi connectivity index (χ1) is 9.47. The fraction of sp³-hybridized carbons (Fsp3) is 0.364. The summed E-state index contributed by atoms with van der Waals surface area (Å²) in [6, 6.07) is 2.76. The van der Waals surface area contributed by atoms with Crippen molar-refractivity contribution in [3.63, 3.8) is 0 Å². The molecule has 20 heavy (non-hydrogen) atoms. The maximum Gasteiger partial charge on any atom is 0.325 e. The topological polar surface area (TPSA) is 125 Å². The Morgan fingerprint density at radius 2 is 1.65 bits per heavy atom. The summed E-state index contributed by atoms with van der Waals surface area (Å²) in [5.41, 5.74) is 5.02. The van der Waals surface area contributed by atoms with Crippen LogP contribution in [0.2, 0.25) is 0 Å². The highest BCUT2D eigenvalue weighted by Gasteiger charge is 2.18. The van der Waals surface area contributed by atoms with Crippen LogP contribution in [0.15, 0.2) is 12.1 Å². The van der Waals surface area contributed by atoms with Crippen molar-refractivity contribution in [3.05, 3.63) is 17.8 Å². The van der Waals surface area contributed by atoms with E-state index in [1.165, 1.54) is 31.3 Å². The highest BCUT2D eigenvalue weighted by Crippen LogP contribution is 2.09. The zero-order valence-electron chi connectivity index (χ0n) is 11.0. The van der Waals surface area contributed by atoms with Crippen LogP contribution in [0.4, 0.5) is 5.82 Å².